The number of amides is 1. The molecule has 2 N–H and O–H groups in total. The van der Waals surface area contributed by atoms with Gasteiger partial charge < -0.3 is 20.1 Å². The molecule has 1 atom stereocenters. The van der Waals surface area contributed by atoms with Gasteiger partial charge >= 0.3 is 0 Å². The molecule has 0 aliphatic carbocycles. The molecular formula is C20H19N5O2S. The van der Waals surface area contributed by atoms with Crippen molar-refractivity contribution in [3.05, 3.63) is 71.1 Å². The molecular weight excluding hydrogens is 374 g/mol. The molecule has 28 heavy (non-hydrogen) atoms. The van der Waals surface area contributed by atoms with Crippen LogP contribution < -0.4 is 10.6 Å². The van der Waals surface area contributed by atoms with E-state index in [4.69, 9.17) is 16.7 Å². The maximum atomic E-state index is 13.1. The maximum Gasteiger partial charge on any atom is 0.257 e. The molecule has 1 aromatic carbocycles. The topological polar surface area (TPSA) is 94.2 Å². The lowest BCUT2D eigenvalue weighted by Crippen LogP contribution is -2.48. The molecule has 2 heterocycles. The third kappa shape index (κ3) is 3.80. The lowest BCUT2D eigenvalue weighted by Gasteiger charge is -2.37. The predicted octanol–water partition coefficient (Wildman–Crippen LogP) is 3.18. The molecule has 1 amide bonds. The molecule has 0 spiro atoms. The van der Waals surface area contributed by atoms with Crippen LogP contribution in [0.1, 0.15) is 29.9 Å². The first-order chi connectivity index (χ1) is 13.4. The number of carbonyl (C=O) groups is 1. The zero-order valence-electron chi connectivity index (χ0n) is 15.5. The Morgan fingerprint density at radius 3 is 2.93 bits per heavy atom. The predicted molar refractivity (Wildman–Crippen MR) is 109 cm³/mol. The van der Waals surface area contributed by atoms with Gasteiger partial charge in [0.05, 0.1) is 23.2 Å². The van der Waals surface area contributed by atoms with Crippen molar-refractivity contribution in [2.45, 2.75) is 19.9 Å². The standard InChI is InChI=1S/C20H19N5O2S/c1-4-8-25-13(3)17(19(26)22-16-9-12(2)27-24-16)18(23-20(25)28)15-7-5-6-14(10-15)11-21/h4-7,9-10,18H,1,8H2,2-3H3,(H,23,28)(H,22,24,26)/t18-/m1/s1. The number of carbonyl (C=O) groups excluding carboxylic acids is 1. The first-order valence-corrected chi connectivity index (χ1v) is 9.00. The maximum absolute atomic E-state index is 13.1. The van der Waals surface area contributed by atoms with E-state index in [2.05, 4.69) is 28.4 Å². The molecule has 3 rings (SSSR count). The summed E-state index contributed by atoms with van der Waals surface area (Å²) in [7, 11) is 0. The summed E-state index contributed by atoms with van der Waals surface area (Å²) in [6.45, 7) is 7.79. The number of nitrogens with zero attached hydrogens (tertiary/aromatic N) is 3. The van der Waals surface area contributed by atoms with Crippen LogP contribution in [0.5, 0.6) is 0 Å². The van der Waals surface area contributed by atoms with Crippen molar-refractivity contribution in [2.24, 2.45) is 0 Å². The zero-order chi connectivity index (χ0) is 20.3. The van der Waals surface area contributed by atoms with Crippen molar-refractivity contribution in [2.75, 3.05) is 11.9 Å². The van der Waals surface area contributed by atoms with Gasteiger partial charge in [-0.25, -0.2) is 0 Å². The Morgan fingerprint density at radius 2 is 2.29 bits per heavy atom. The fourth-order valence-electron chi connectivity index (χ4n) is 3.07. The molecule has 0 saturated heterocycles. The zero-order valence-corrected chi connectivity index (χ0v) is 16.3. The molecule has 1 aliphatic rings. The number of hydrogen-bond acceptors (Lipinski definition) is 5. The van der Waals surface area contributed by atoms with Crippen molar-refractivity contribution in [1.82, 2.24) is 15.4 Å². The molecule has 0 radical (unpaired) electrons. The van der Waals surface area contributed by atoms with Gasteiger partial charge in [-0.1, -0.05) is 23.4 Å². The summed E-state index contributed by atoms with van der Waals surface area (Å²) in [5.74, 6) is 0.591. The Hall–Kier alpha value is -3.44. The monoisotopic (exact) mass is 393 g/mol. The van der Waals surface area contributed by atoms with Gasteiger partial charge in [0.25, 0.3) is 5.91 Å². The molecule has 0 saturated carbocycles. The summed E-state index contributed by atoms with van der Waals surface area (Å²) in [5, 5.41) is 19.5. The van der Waals surface area contributed by atoms with E-state index in [1.165, 1.54) is 0 Å². The minimum Gasteiger partial charge on any atom is -0.360 e. The first kappa shape index (κ1) is 19.3. The van der Waals surface area contributed by atoms with Crippen LogP contribution in [0, 0.1) is 18.3 Å². The number of nitriles is 1. The van der Waals surface area contributed by atoms with Crippen molar-refractivity contribution >= 4 is 29.1 Å². The number of nitrogens with one attached hydrogen (secondary N) is 2. The van der Waals surface area contributed by atoms with Gasteiger partial charge in [0, 0.05) is 18.3 Å². The number of benzene rings is 1. The largest absolute Gasteiger partial charge is 0.360 e. The van der Waals surface area contributed by atoms with E-state index >= 15 is 0 Å². The van der Waals surface area contributed by atoms with Gasteiger partial charge in [0.15, 0.2) is 10.9 Å². The molecule has 1 aliphatic heterocycles. The second-order valence-electron chi connectivity index (χ2n) is 6.30. The molecule has 2 aromatic rings. The van der Waals surface area contributed by atoms with Crippen LogP contribution in [0.3, 0.4) is 0 Å². The molecule has 1 aromatic heterocycles. The Balaban J connectivity index is 2.05. The van der Waals surface area contributed by atoms with Gasteiger partial charge in [-0.2, -0.15) is 5.26 Å². The summed E-state index contributed by atoms with van der Waals surface area (Å²) in [5.41, 5.74) is 2.45. The second kappa shape index (κ2) is 8.06. The van der Waals surface area contributed by atoms with Crippen LogP contribution in [-0.4, -0.2) is 27.6 Å². The number of anilines is 1. The normalized spacial score (nSPS) is 16.4. The highest BCUT2D eigenvalue weighted by atomic mass is 32.1. The summed E-state index contributed by atoms with van der Waals surface area (Å²) in [4.78, 5) is 14.9. The highest BCUT2D eigenvalue weighted by molar-refractivity contribution is 7.80. The minimum atomic E-state index is -0.505. The Labute approximate surface area is 168 Å². The van der Waals surface area contributed by atoms with Crippen LogP contribution in [-0.2, 0) is 4.79 Å². The summed E-state index contributed by atoms with van der Waals surface area (Å²) in [6, 6.07) is 10.3. The van der Waals surface area contributed by atoms with Crippen LogP contribution >= 0.6 is 12.2 Å². The van der Waals surface area contributed by atoms with Gasteiger partial charge in [-0.15, -0.1) is 6.58 Å². The molecule has 0 fully saturated rings. The van der Waals surface area contributed by atoms with Crippen LogP contribution in [0.2, 0.25) is 0 Å². The van der Waals surface area contributed by atoms with Crippen molar-refractivity contribution < 1.29 is 9.32 Å². The Kier molecular flexibility index (Phi) is 5.57. The van der Waals surface area contributed by atoms with E-state index in [9.17, 15) is 10.1 Å². The highest BCUT2D eigenvalue weighted by Gasteiger charge is 2.34. The van der Waals surface area contributed by atoms with E-state index in [0.717, 1.165) is 5.56 Å². The van der Waals surface area contributed by atoms with Crippen molar-refractivity contribution in [1.29, 1.82) is 5.26 Å². The number of hydrogen-bond donors (Lipinski definition) is 2. The highest BCUT2D eigenvalue weighted by Crippen LogP contribution is 2.31. The number of allylic oxidation sites excluding steroid dienone is 1. The average molecular weight is 393 g/mol. The van der Waals surface area contributed by atoms with Gasteiger partial charge in [-0.05, 0) is 43.8 Å². The van der Waals surface area contributed by atoms with Gasteiger partial charge in [-0.3, -0.25) is 4.79 Å². The average Bonchev–Trinajstić information content (AvgIpc) is 3.09. The molecule has 7 nitrogen and oxygen atoms in total. The third-order valence-corrected chi connectivity index (χ3v) is 4.71. The molecule has 8 heteroatoms. The summed E-state index contributed by atoms with van der Waals surface area (Å²) >= 11 is 5.49. The van der Waals surface area contributed by atoms with E-state index in [-0.39, 0.29) is 5.91 Å². The van der Waals surface area contributed by atoms with E-state index in [0.29, 0.717) is 40.1 Å². The summed E-state index contributed by atoms with van der Waals surface area (Å²) in [6.07, 6.45) is 1.71. The van der Waals surface area contributed by atoms with E-state index in [1.807, 2.05) is 13.0 Å². The third-order valence-electron chi connectivity index (χ3n) is 4.37. The SMILES string of the molecule is C=CCN1C(=S)N[C@H](c2cccc(C#N)c2)C(C(=O)Nc2cc(C)on2)=C1C. The van der Waals surface area contributed by atoms with E-state index < -0.39 is 6.04 Å². The lowest BCUT2D eigenvalue weighted by atomic mass is 9.93. The second-order valence-corrected chi connectivity index (χ2v) is 6.68. The number of aromatic nitrogens is 1. The molecule has 142 valence electrons. The van der Waals surface area contributed by atoms with Crippen LogP contribution in [0.15, 0.2) is 58.8 Å². The Morgan fingerprint density at radius 1 is 1.50 bits per heavy atom. The summed E-state index contributed by atoms with van der Waals surface area (Å²) < 4.78 is 5.02. The van der Waals surface area contributed by atoms with E-state index in [1.54, 1.807) is 42.2 Å². The number of rotatable bonds is 5. The van der Waals surface area contributed by atoms with Gasteiger partial charge in [0.2, 0.25) is 0 Å². The number of aryl methyl sites for hydroxylation is 1. The van der Waals surface area contributed by atoms with Gasteiger partial charge in [0.1, 0.15) is 5.76 Å². The van der Waals surface area contributed by atoms with Crippen molar-refractivity contribution in [3.8, 4) is 6.07 Å². The fourth-order valence-corrected chi connectivity index (χ4v) is 3.40. The lowest BCUT2D eigenvalue weighted by molar-refractivity contribution is -0.113. The molecule has 0 unspecified atom stereocenters. The number of thiocarbonyl (C=S) groups is 1. The molecule has 0 bridgehead atoms. The Bertz CT molecular complexity index is 1020. The smallest absolute Gasteiger partial charge is 0.257 e. The quantitative estimate of drug-likeness (QED) is 0.595. The first-order valence-electron chi connectivity index (χ1n) is 8.59. The fraction of sp³-hybridized carbons (Fsp3) is 0.200. The van der Waals surface area contributed by atoms with Crippen molar-refractivity contribution in [3.63, 3.8) is 0 Å². The van der Waals surface area contributed by atoms with Crippen LogP contribution in [0.25, 0.3) is 0 Å². The van der Waals surface area contributed by atoms with Crippen LogP contribution in [0.4, 0.5) is 5.82 Å². The minimum absolute atomic E-state index is 0.329.